The van der Waals surface area contributed by atoms with Gasteiger partial charge in [0.25, 0.3) is 6.43 Å². The summed E-state index contributed by atoms with van der Waals surface area (Å²) >= 11 is 0. The highest BCUT2D eigenvalue weighted by Gasteiger charge is 2.65. The van der Waals surface area contributed by atoms with Gasteiger partial charge in [-0.15, -0.1) is 0 Å². The first-order valence-corrected chi connectivity index (χ1v) is 12.4. The third-order valence-electron chi connectivity index (χ3n) is 7.96. The molecule has 2 unspecified atom stereocenters. The van der Waals surface area contributed by atoms with Crippen molar-refractivity contribution in [1.82, 2.24) is 10.3 Å². The van der Waals surface area contributed by atoms with Crippen molar-refractivity contribution >= 4 is 5.69 Å². The first-order chi connectivity index (χ1) is 18.3. The number of halogens is 4. The topological polar surface area (TPSA) is 77.9 Å². The molecule has 3 heterocycles. The zero-order chi connectivity index (χ0) is 27.0. The maximum Gasteiger partial charge on any atom is 0.265 e. The third-order valence-corrected chi connectivity index (χ3v) is 7.96. The minimum atomic E-state index is -2.95. The molecule has 2 aromatic carbocycles. The minimum absolute atomic E-state index is 0.0982. The maximum absolute atomic E-state index is 14.7. The molecule has 3 fully saturated rings. The normalized spacial score (nSPS) is 23.3. The molecule has 3 aliphatic rings. The lowest BCUT2D eigenvalue weighted by molar-refractivity contribution is -0.138. The monoisotopic (exact) mass is 531 g/mol. The van der Waals surface area contributed by atoms with E-state index in [0.29, 0.717) is 37.2 Å². The van der Waals surface area contributed by atoms with E-state index < -0.39 is 42.4 Å². The number of methoxy groups -OCH3 is 1. The van der Waals surface area contributed by atoms with E-state index in [1.54, 1.807) is 0 Å². The number of anilines is 1. The van der Waals surface area contributed by atoms with Gasteiger partial charge >= 0.3 is 0 Å². The van der Waals surface area contributed by atoms with Crippen LogP contribution < -0.4 is 15.0 Å². The van der Waals surface area contributed by atoms with Crippen molar-refractivity contribution in [3.63, 3.8) is 0 Å². The summed E-state index contributed by atoms with van der Waals surface area (Å²) in [7, 11) is 1.23. The Balaban J connectivity index is 1.48. The van der Waals surface area contributed by atoms with Crippen LogP contribution in [0.25, 0.3) is 11.3 Å². The molecule has 0 spiro atoms. The summed E-state index contributed by atoms with van der Waals surface area (Å²) in [5.74, 6) is -1.89. The fourth-order valence-electron chi connectivity index (χ4n) is 6.02. The maximum atomic E-state index is 14.7. The smallest absolute Gasteiger partial charge is 0.265 e. The van der Waals surface area contributed by atoms with Gasteiger partial charge in [-0.1, -0.05) is 30.3 Å². The van der Waals surface area contributed by atoms with Gasteiger partial charge in [-0.2, -0.15) is 0 Å². The fourth-order valence-corrected chi connectivity index (χ4v) is 6.02. The van der Waals surface area contributed by atoms with Crippen LogP contribution in [0.4, 0.5) is 23.2 Å². The number of aromatic nitrogens is 1. The van der Waals surface area contributed by atoms with E-state index in [-0.39, 0.29) is 22.9 Å². The second-order valence-corrected chi connectivity index (χ2v) is 9.80. The van der Waals surface area contributed by atoms with Gasteiger partial charge in [-0.3, -0.25) is 4.98 Å². The Morgan fingerprint density at radius 3 is 2.58 bits per heavy atom. The molecule has 1 aromatic heterocycles. The molecule has 0 radical (unpaired) electrons. The fraction of sp³-hybridized carbons (Fsp3) is 0.393. The highest BCUT2D eigenvalue weighted by molar-refractivity contribution is 5.67. The van der Waals surface area contributed by atoms with E-state index in [2.05, 4.69) is 10.3 Å². The van der Waals surface area contributed by atoms with E-state index in [1.807, 2.05) is 35.2 Å². The van der Waals surface area contributed by atoms with Crippen LogP contribution in [0.1, 0.15) is 24.0 Å². The van der Waals surface area contributed by atoms with Crippen molar-refractivity contribution in [3.05, 3.63) is 77.5 Å². The zero-order valence-electron chi connectivity index (χ0n) is 20.8. The summed E-state index contributed by atoms with van der Waals surface area (Å²) in [4.78, 5) is 6.22. The number of rotatable bonds is 9. The van der Waals surface area contributed by atoms with Crippen molar-refractivity contribution in [1.29, 1.82) is 0 Å². The van der Waals surface area contributed by atoms with E-state index in [0.717, 1.165) is 17.7 Å². The number of hydrogen-bond donors (Lipinski definition) is 3. The summed E-state index contributed by atoms with van der Waals surface area (Å²) in [6.45, 7) is 0.386. The molecule has 202 valence electrons. The number of ether oxygens (including phenoxy) is 1. The van der Waals surface area contributed by atoms with Crippen LogP contribution in [0.5, 0.6) is 5.75 Å². The molecule has 2 saturated heterocycles. The Kier molecular flexibility index (Phi) is 7.30. The predicted molar refractivity (Wildman–Crippen MR) is 134 cm³/mol. The number of aliphatic hydroxyl groups excluding tert-OH is 2. The lowest BCUT2D eigenvalue weighted by Crippen LogP contribution is -2.81. The van der Waals surface area contributed by atoms with Gasteiger partial charge in [-0.05, 0) is 36.5 Å². The van der Waals surface area contributed by atoms with E-state index in [9.17, 15) is 27.8 Å². The number of piperidine rings is 2. The Bertz CT molecular complexity index is 1290. The second kappa shape index (κ2) is 10.5. The number of aliphatic hydroxyl groups is 2. The molecule has 3 aromatic rings. The Hall–Kier alpha value is -3.21. The van der Waals surface area contributed by atoms with Crippen molar-refractivity contribution in [2.24, 2.45) is 5.92 Å². The molecule has 6 rings (SSSR count). The highest BCUT2D eigenvalue weighted by atomic mass is 19.3. The summed E-state index contributed by atoms with van der Waals surface area (Å²) < 4.78 is 61.7. The molecule has 2 bridgehead atoms. The zero-order valence-corrected chi connectivity index (χ0v) is 20.8. The summed E-state index contributed by atoms with van der Waals surface area (Å²) in [6, 6.07) is 12.2. The second-order valence-electron chi connectivity index (χ2n) is 9.80. The van der Waals surface area contributed by atoms with Crippen LogP contribution in [0.3, 0.4) is 0 Å². The molecular formula is C28H29F4N3O3. The number of fused-ring (bicyclic) bond motifs is 2. The first kappa shape index (κ1) is 26.4. The Morgan fingerprint density at radius 2 is 1.92 bits per heavy atom. The molecule has 3 N–H and O–H groups in total. The van der Waals surface area contributed by atoms with E-state index in [1.165, 1.54) is 19.4 Å². The highest BCUT2D eigenvalue weighted by Crippen LogP contribution is 2.53. The van der Waals surface area contributed by atoms with Gasteiger partial charge < -0.3 is 25.2 Å². The SMILES string of the molecule is COc1cc(F)c(-c2cc(CO)c(N3CCC4CC3[C@@]4(NCc3ccccc3)[C@H](O)C(F)F)cn2)cc1F. The number of pyridine rings is 1. The van der Waals surface area contributed by atoms with Crippen LogP contribution in [0.15, 0.2) is 54.7 Å². The molecule has 10 heteroatoms. The van der Waals surface area contributed by atoms with Crippen LogP contribution in [0.2, 0.25) is 0 Å². The molecule has 2 aliphatic heterocycles. The summed E-state index contributed by atoms with van der Waals surface area (Å²) in [5, 5.41) is 24.2. The van der Waals surface area contributed by atoms with Crippen LogP contribution in [0, 0.1) is 17.6 Å². The molecular weight excluding hydrogens is 502 g/mol. The van der Waals surface area contributed by atoms with Crippen molar-refractivity contribution in [2.45, 2.75) is 50.1 Å². The lowest BCUT2D eigenvalue weighted by atomic mass is 9.55. The van der Waals surface area contributed by atoms with Crippen LogP contribution in [-0.4, -0.2) is 53.0 Å². The number of nitrogens with one attached hydrogen (secondary N) is 1. The van der Waals surface area contributed by atoms with Gasteiger partial charge in [0, 0.05) is 30.3 Å². The van der Waals surface area contributed by atoms with Crippen molar-refractivity contribution in [3.8, 4) is 17.0 Å². The van der Waals surface area contributed by atoms with Gasteiger partial charge in [0.1, 0.15) is 11.9 Å². The van der Waals surface area contributed by atoms with E-state index in [4.69, 9.17) is 4.74 Å². The third kappa shape index (κ3) is 4.40. The lowest BCUT2D eigenvalue weighted by Gasteiger charge is -2.66. The number of nitrogens with zero attached hydrogens (tertiary/aromatic N) is 2. The van der Waals surface area contributed by atoms with Crippen LogP contribution >= 0.6 is 0 Å². The summed E-state index contributed by atoms with van der Waals surface area (Å²) in [6.07, 6.45) is -2.28. The number of hydrogen-bond acceptors (Lipinski definition) is 6. The molecule has 0 amide bonds. The van der Waals surface area contributed by atoms with Gasteiger partial charge in [0.05, 0.1) is 42.9 Å². The largest absolute Gasteiger partial charge is 0.494 e. The molecule has 38 heavy (non-hydrogen) atoms. The summed E-state index contributed by atoms with van der Waals surface area (Å²) in [5.41, 5.74) is 0.542. The Labute approximate surface area is 217 Å². The van der Waals surface area contributed by atoms with Gasteiger partial charge in [-0.25, -0.2) is 17.6 Å². The Morgan fingerprint density at radius 1 is 1.16 bits per heavy atom. The molecule has 1 aliphatic carbocycles. The molecule has 6 nitrogen and oxygen atoms in total. The molecule has 1 saturated carbocycles. The quantitative estimate of drug-likeness (QED) is 0.358. The standard InChI is InChI=1S/C28H29F4N3O3/c1-38-24-12-20(29)19(11-21(24)30)22-9-17(15-36)23(14-33-22)35-8-7-18-10-25(35)28(18,26(37)27(31)32)34-13-16-5-3-2-4-6-16/h2-6,9,11-12,14,18,25-27,34,36-37H,7-8,10,13,15H2,1H3/t18?,25?,26-,28-/m1/s1. The number of benzene rings is 2. The van der Waals surface area contributed by atoms with Gasteiger partial charge in [0.2, 0.25) is 0 Å². The predicted octanol–water partition coefficient (Wildman–Crippen LogP) is 4.28. The average Bonchev–Trinajstić information content (AvgIpc) is 2.94. The van der Waals surface area contributed by atoms with Crippen molar-refractivity contribution < 1.29 is 32.5 Å². The first-order valence-electron chi connectivity index (χ1n) is 12.4. The van der Waals surface area contributed by atoms with Crippen LogP contribution in [-0.2, 0) is 13.2 Å². The molecule has 4 atom stereocenters. The van der Waals surface area contributed by atoms with Gasteiger partial charge in [0.15, 0.2) is 11.6 Å². The average molecular weight is 532 g/mol. The number of alkyl halides is 2. The minimum Gasteiger partial charge on any atom is -0.494 e. The van der Waals surface area contributed by atoms with E-state index >= 15 is 0 Å². The van der Waals surface area contributed by atoms with Crippen molar-refractivity contribution in [2.75, 3.05) is 18.6 Å².